The second-order valence-electron chi connectivity index (χ2n) is 6.91. The number of benzene rings is 1. The number of methoxy groups -OCH3 is 2. The zero-order valence-corrected chi connectivity index (χ0v) is 19.6. The minimum atomic E-state index is -0.274. The summed E-state index contributed by atoms with van der Waals surface area (Å²) in [6.07, 6.45) is 2.52. The quantitative estimate of drug-likeness (QED) is 0.238. The first-order chi connectivity index (χ1) is 15.5. The molecule has 0 saturated heterocycles. The number of aromatic nitrogens is 4. The van der Waals surface area contributed by atoms with Crippen LogP contribution >= 0.6 is 23.1 Å². The van der Waals surface area contributed by atoms with E-state index < -0.39 is 0 Å². The maximum absolute atomic E-state index is 13.0. The van der Waals surface area contributed by atoms with E-state index in [0.717, 1.165) is 11.3 Å². The Hall–Kier alpha value is -3.11. The van der Waals surface area contributed by atoms with Gasteiger partial charge in [-0.3, -0.25) is 14.2 Å². The van der Waals surface area contributed by atoms with Crippen molar-refractivity contribution >= 4 is 44.2 Å². The maximum atomic E-state index is 13.0. The third-order valence-electron chi connectivity index (χ3n) is 4.93. The number of thiophene rings is 1. The van der Waals surface area contributed by atoms with Crippen LogP contribution in [-0.4, -0.2) is 33.7 Å². The molecule has 0 unspecified atom stereocenters. The fourth-order valence-electron chi connectivity index (χ4n) is 3.34. The molecule has 0 aliphatic carbocycles. The van der Waals surface area contributed by atoms with Crippen LogP contribution < -0.4 is 20.6 Å². The number of hydrogen-bond acceptors (Lipinski definition) is 8. The van der Waals surface area contributed by atoms with Gasteiger partial charge >= 0.3 is 0 Å². The molecule has 0 spiro atoms. The third-order valence-corrected chi connectivity index (χ3v) is 7.09. The van der Waals surface area contributed by atoms with Crippen molar-refractivity contribution in [2.45, 2.75) is 30.8 Å². The van der Waals surface area contributed by atoms with Crippen LogP contribution in [-0.2, 0) is 18.7 Å². The number of ether oxygens (including phenoxy) is 2. The molecule has 4 aromatic rings. The van der Waals surface area contributed by atoms with Crippen LogP contribution in [0.1, 0.15) is 17.6 Å². The summed E-state index contributed by atoms with van der Waals surface area (Å²) < 4.78 is 12.2. The topological polar surface area (TPSA) is 99.1 Å². The normalized spacial score (nSPS) is 11.2. The molecule has 3 aromatic heterocycles. The molecule has 0 radical (unpaired) electrons. The van der Waals surface area contributed by atoms with E-state index in [-0.39, 0.29) is 11.1 Å². The van der Waals surface area contributed by atoms with Gasteiger partial charge in [0.1, 0.15) is 10.7 Å². The van der Waals surface area contributed by atoms with E-state index in [1.54, 1.807) is 22.8 Å². The van der Waals surface area contributed by atoms with Crippen molar-refractivity contribution in [3.8, 4) is 11.5 Å². The second kappa shape index (κ2) is 9.17. The number of nitrogens with zero attached hydrogens (tertiary/aromatic N) is 3. The summed E-state index contributed by atoms with van der Waals surface area (Å²) in [5, 5.41) is 1.59. The van der Waals surface area contributed by atoms with E-state index in [9.17, 15) is 9.59 Å². The fourth-order valence-corrected chi connectivity index (χ4v) is 5.22. The van der Waals surface area contributed by atoms with Gasteiger partial charge in [-0.15, -0.1) is 17.9 Å². The minimum absolute atomic E-state index is 0.0925. The molecule has 0 amide bonds. The standard InChI is InChI=1S/C22H22N4O4S2/c1-5-7-26-21(28)14-8-12(6-2)32-20(14)25-22(26)31-11-18-23-15-10-17(30-4)16(29-3)9-13(15)19(27)24-18/h5,8-10H,1,6-7,11H2,2-4H3,(H,23,24,27). The number of hydrogen-bond donors (Lipinski definition) is 1. The van der Waals surface area contributed by atoms with Gasteiger partial charge < -0.3 is 14.5 Å². The molecular weight excluding hydrogens is 448 g/mol. The third kappa shape index (κ3) is 4.03. The van der Waals surface area contributed by atoms with Gasteiger partial charge in [0.05, 0.1) is 36.3 Å². The molecule has 166 valence electrons. The summed E-state index contributed by atoms with van der Waals surface area (Å²) in [6, 6.07) is 5.19. The number of H-pyrrole nitrogens is 1. The first-order valence-corrected chi connectivity index (χ1v) is 11.7. The van der Waals surface area contributed by atoms with Crippen molar-refractivity contribution < 1.29 is 9.47 Å². The largest absolute Gasteiger partial charge is 0.493 e. The number of thioether (sulfide) groups is 1. The van der Waals surface area contributed by atoms with Crippen LogP contribution in [0.3, 0.4) is 0 Å². The Kier molecular flexibility index (Phi) is 6.33. The summed E-state index contributed by atoms with van der Waals surface area (Å²) >= 11 is 2.87. The van der Waals surface area contributed by atoms with Gasteiger partial charge in [-0.1, -0.05) is 24.8 Å². The SMILES string of the molecule is C=CCn1c(SCc2nc3cc(OC)c(OC)cc3c(=O)[nH]2)nc2sc(CC)cc2c1=O. The molecule has 8 nitrogen and oxygen atoms in total. The van der Waals surface area contributed by atoms with Crippen molar-refractivity contribution in [1.29, 1.82) is 0 Å². The van der Waals surface area contributed by atoms with Gasteiger partial charge in [0, 0.05) is 17.5 Å². The average molecular weight is 471 g/mol. The van der Waals surface area contributed by atoms with Crippen molar-refractivity contribution in [2.75, 3.05) is 14.2 Å². The van der Waals surface area contributed by atoms with E-state index >= 15 is 0 Å². The maximum Gasteiger partial charge on any atom is 0.263 e. The second-order valence-corrected chi connectivity index (χ2v) is 8.97. The zero-order valence-electron chi connectivity index (χ0n) is 17.9. The molecule has 4 rings (SSSR count). The zero-order chi connectivity index (χ0) is 22.8. The van der Waals surface area contributed by atoms with Gasteiger partial charge in [0.2, 0.25) is 0 Å². The van der Waals surface area contributed by atoms with E-state index in [4.69, 9.17) is 14.5 Å². The molecule has 10 heteroatoms. The molecule has 1 N–H and O–H groups in total. The highest BCUT2D eigenvalue weighted by molar-refractivity contribution is 7.98. The predicted octanol–water partition coefficient (Wildman–Crippen LogP) is 3.75. The van der Waals surface area contributed by atoms with E-state index in [1.807, 2.05) is 6.07 Å². The van der Waals surface area contributed by atoms with Crippen molar-refractivity contribution in [2.24, 2.45) is 0 Å². The Morgan fingerprint density at radius 2 is 1.91 bits per heavy atom. The van der Waals surface area contributed by atoms with Crippen LogP contribution in [0.5, 0.6) is 11.5 Å². The Bertz CT molecular complexity index is 1440. The summed E-state index contributed by atoms with van der Waals surface area (Å²) in [4.78, 5) is 39.6. The molecular formula is C22H22N4O4S2. The number of nitrogens with one attached hydrogen (secondary N) is 1. The fraction of sp³-hybridized carbons (Fsp3) is 0.273. The lowest BCUT2D eigenvalue weighted by molar-refractivity contribution is 0.355. The van der Waals surface area contributed by atoms with Gasteiger partial charge in [-0.25, -0.2) is 9.97 Å². The predicted molar refractivity (Wildman–Crippen MR) is 128 cm³/mol. The van der Waals surface area contributed by atoms with Crippen molar-refractivity contribution in [3.63, 3.8) is 0 Å². The highest BCUT2D eigenvalue weighted by atomic mass is 32.2. The molecule has 0 aliphatic rings. The van der Waals surface area contributed by atoms with Gasteiger partial charge in [0.25, 0.3) is 11.1 Å². The molecule has 0 aliphatic heterocycles. The summed E-state index contributed by atoms with van der Waals surface area (Å²) in [7, 11) is 3.04. The number of rotatable bonds is 8. The summed E-state index contributed by atoms with van der Waals surface area (Å²) in [5.41, 5.74) is 0.133. The molecule has 0 bridgehead atoms. The first-order valence-electron chi connectivity index (χ1n) is 9.90. The smallest absolute Gasteiger partial charge is 0.263 e. The highest BCUT2D eigenvalue weighted by Gasteiger charge is 2.15. The lowest BCUT2D eigenvalue weighted by Crippen LogP contribution is -2.22. The van der Waals surface area contributed by atoms with E-state index in [1.165, 1.54) is 37.3 Å². The molecule has 0 saturated carbocycles. The minimum Gasteiger partial charge on any atom is -0.493 e. The molecule has 3 heterocycles. The van der Waals surface area contributed by atoms with E-state index in [2.05, 4.69) is 23.5 Å². The van der Waals surface area contributed by atoms with Crippen LogP contribution in [0.4, 0.5) is 0 Å². The Labute approximate surface area is 191 Å². The number of fused-ring (bicyclic) bond motifs is 2. The van der Waals surface area contributed by atoms with Gasteiger partial charge in [-0.05, 0) is 18.6 Å². The molecule has 32 heavy (non-hydrogen) atoms. The van der Waals surface area contributed by atoms with Crippen LogP contribution in [0.15, 0.2) is 45.6 Å². The van der Waals surface area contributed by atoms with Crippen LogP contribution in [0.2, 0.25) is 0 Å². The Morgan fingerprint density at radius 3 is 2.59 bits per heavy atom. The summed E-state index contributed by atoms with van der Waals surface area (Å²) in [6.45, 7) is 6.16. The molecule has 0 fully saturated rings. The highest BCUT2D eigenvalue weighted by Crippen LogP contribution is 2.30. The average Bonchev–Trinajstić information content (AvgIpc) is 3.22. The van der Waals surface area contributed by atoms with Gasteiger partial charge in [0.15, 0.2) is 16.7 Å². The lowest BCUT2D eigenvalue weighted by Gasteiger charge is -2.11. The molecule has 0 atom stereocenters. The lowest BCUT2D eigenvalue weighted by atomic mass is 10.2. The monoisotopic (exact) mass is 470 g/mol. The Balaban J connectivity index is 1.72. The van der Waals surface area contributed by atoms with Crippen molar-refractivity contribution in [1.82, 2.24) is 19.5 Å². The van der Waals surface area contributed by atoms with Crippen LogP contribution in [0.25, 0.3) is 21.1 Å². The van der Waals surface area contributed by atoms with Gasteiger partial charge in [-0.2, -0.15) is 0 Å². The van der Waals surface area contributed by atoms with Crippen LogP contribution in [0, 0.1) is 0 Å². The summed E-state index contributed by atoms with van der Waals surface area (Å²) in [5.74, 6) is 1.76. The van der Waals surface area contributed by atoms with Crippen molar-refractivity contribution in [3.05, 3.63) is 62.3 Å². The number of aromatic amines is 1. The first kappa shape index (κ1) is 22.1. The van der Waals surface area contributed by atoms with E-state index in [0.29, 0.717) is 55.9 Å². The number of aryl methyl sites for hydroxylation is 1. The Morgan fingerprint density at radius 1 is 1.16 bits per heavy atom. The number of allylic oxidation sites excluding steroid dienone is 1. The molecule has 1 aromatic carbocycles.